The molecule has 0 unspecified atom stereocenters. The van der Waals surface area contributed by atoms with E-state index in [1.165, 1.54) is 5.56 Å². The normalized spacial score (nSPS) is 17.2. The van der Waals surface area contributed by atoms with Gasteiger partial charge in [-0.25, -0.2) is 4.79 Å². The third kappa shape index (κ3) is 3.03. The minimum atomic E-state index is -0.347. The monoisotopic (exact) mass is 334 g/mol. The van der Waals surface area contributed by atoms with Gasteiger partial charge in [-0.2, -0.15) is 0 Å². The van der Waals surface area contributed by atoms with Gasteiger partial charge in [0.1, 0.15) is 5.76 Å². The number of esters is 1. The highest BCUT2D eigenvalue weighted by Gasteiger charge is 2.22. The number of fused-ring (bicyclic) bond motifs is 1. The molecule has 4 nitrogen and oxygen atoms in total. The van der Waals surface area contributed by atoms with Gasteiger partial charge in [0, 0.05) is 5.56 Å². The fraction of sp³-hybridized carbons (Fsp3) is 0.190. The molecule has 25 heavy (non-hydrogen) atoms. The summed E-state index contributed by atoms with van der Waals surface area (Å²) in [6, 6.07) is 13.7. The lowest BCUT2D eigenvalue weighted by molar-refractivity contribution is -0.130. The van der Waals surface area contributed by atoms with Crippen LogP contribution in [-0.2, 0) is 9.53 Å². The van der Waals surface area contributed by atoms with Crippen molar-refractivity contribution < 1.29 is 19.0 Å². The first-order valence-electron chi connectivity index (χ1n) is 8.26. The van der Waals surface area contributed by atoms with E-state index in [-0.39, 0.29) is 12.8 Å². The molecular formula is C21H18O4. The third-order valence-electron chi connectivity index (χ3n) is 4.31. The molecule has 2 aromatic carbocycles. The summed E-state index contributed by atoms with van der Waals surface area (Å²) in [7, 11) is 0. The number of hydrogen-bond acceptors (Lipinski definition) is 4. The fourth-order valence-electron chi connectivity index (χ4n) is 2.85. The van der Waals surface area contributed by atoms with E-state index < -0.39 is 0 Å². The van der Waals surface area contributed by atoms with Gasteiger partial charge in [0.25, 0.3) is 0 Å². The van der Waals surface area contributed by atoms with Crippen LogP contribution in [0.4, 0.5) is 0 Å². The predicted molar refractivity (Wildman–Crippen MR) is 95.1 cm³/mol. The van der Waals surface area contributed by atoms with E-state index in [1.807, 2.05) is 30.3 Å². The average Bonchev–Trinajstić information content (AvgIpc) is 3.21. The Bertz CT molecular complexity index is 889. The zero-order valence-corrected chi connectivity index (χ0v) is 14.1. The molecule has 0 amide bonds. The van der Waals surface area contributed by atoms with E-state index in [2.05, 4.69) is 26.0 Å². The van der Waals surface area contributed by atoms with Crippen LogP contribution in [0.1, 0.15) is 36.5 Å². The first-order valence-corrected chi connectivity index (χ1v) is 8.26. The van der Waals surface area contributed by atoms with E-state index in [0.29, 0.717) is 23.0 Å². The molecule has 4 heteroatoms. The number of carbonyl (C=O) groups excluding carboxylic acids is 1. The lowest BCUT2D eigenvalue weighted by Gasteiger charge is -2.06. The molecule has 126 valence electrons. The van der Waals surface area contributed by atoms with Crippen LogP contribution in [0.15, 0.2) is 54.1 Å². The van der Waals surface area contributed by atoms with Gasteiger partial charge in [-0.05, 0) is 41.3 Å². The number of hydrogen-bond donors (Lipinski definition) is 0. The highest BCUT2D eigenvalue weighted by atomic mass is 16.7. The van der Waals surface area contributed by atoms with Crippen molar-refractivity contribution in [3.05, 3.63) is 70.8 Å². The van der Waals surface area contributed by atoms with Crippen molar-refractivity contribution in [3.8, 4) is 11.5 Å². The summed E-state index contributed by atoms with van der Waals surface area (Å²) in [4.78, 5) is 12.2. The number of rotatable bonds is 3. The van der Waals surface area contributed by atoms with Gasteiger partial charge in [0.05, 0.1) is 5.57 Å². The Morgan fingerprint density at radius 1 is 1.00 bits per heavy atom. The highest BCUT2D eigenvalue weighted by molar-refractivity contribution is 6.05. The van der Waals surface area contributed by atoms with Gasteiger partial charge in [0.2, 0.25) is 6.79 Å². The quantitative estimate of drug-likeness (QED) is 0.611. The van der Waals surface area contributed by atoms with E-state index in [1.54, 1.807) is 12.2 Å². The van der Waals surface area contributed by atoms with Gasteiger partial charge in [-0.15, -0.1) is 0 Å². The topological polar surface area (TPSA) is 44.8 Å². The summed E-state index contributed by atoms with van der Waals surface area (Å²) >= 11 is 0. The van der Waals surface area contributed by atoms with Gasteiger partial charge in [-0.3, -0.25) is 0 Å². The van der Waals surface area contributed by atoms with Crippen LogP contribution in [0.3, 0.4) is 0 Å². The Hall–Kier alpha value is -3.01. The molecule has 2 aliphatic rings. The largest absolute Gasteiger partial charge is 0.454 e. The van der Waals surface area contributed by atoms with Crippen LogP contribution < -0.4 is 9.47 Å². The van der Waals surface area contributed by atoms with Gasteiger partial charge in [-0.1, -0.05) is 44.2 Å². The zero-order chi connectivity index (χ0) is 17.4. The Labute approximate surface area is 146 Å². The second-order valence-corrected chi connectivity index (χ2v) is 6.39. The average molecular weight is 334 g/mol. The van der Waals surface area contributed by atoms with Crippen molar-refractivity contribution in [2.75, 3.05) is 6.79 Å². The van der Waals surface area contributed by atoms with Gasteiger partial charge in [0.15, 0.2) is 11.5 Å². The zero-order valence-electron chi connectivity index (χ0n) is 14.1. The second-order valence-electron chi connectivity index (χ2n) is 6.39. The number of carbonyl (C=O) groups is 1. The van der Waals surface area contributed by atoms with Crippen molar-refractivity contribution >= 4 is 17.8 Å². The fourth-order valence-corrected chi connectivity index (χ4v) is 2.85. The molecule has 0 spiro atoms. The molecule has 0 saturated carbocycles. The smallest absolute Gasteiger partial charge is 0.343 e. The predicted octanol–water partition coefficient (Wildman–Crippen LogP) is 4.52. The van der Waals surface area contributed by atoms with Crippen molar-refractivity contribution in [1.82, 2.24) is 0 Å². The molecule has 2 aromatic rings. The molecule has 2 heterocycles. The maximum absolute atomic E-state index is 12.2. The molecule has 0 radical (unpaired) electrons. The molecule has 0 aromatic heterocycles. The van der Waals surface area contributed by atoms with Crippen molar-refractivity contribution in [2.24, 2.45) is 0 Å². The first kappa shape index (κ1) is 15.5. The van der Waals surface area contributed by atoms with Crippen LogP contribution >= 0.6 is 0 Å². The molecule has 0 aliphatic carbocycles. The van der Waals surface area contributed by atoms with Crippen molar-refractivity contribution in [1.29, 1.82) is 0 Å². The Kier molecular flexibility index (Phi) is 3.80. The number of ether oxygens (including phenoxy) is 3. The number of benzene rings is 2. The van der Waals surface area contributed by atoms with E-state index in [4.69, 9.17) is 14.2 Å². The lowest BCUT2D eigenvalue weighted by atomic mass is 10.0. The molecule has 2 aliphatic heterocycles. The highest BCUT2D eigenvalue weighted by Crippen LogP contribution is 2.34. The molecule has 4 rings (SSSR count). The van der Waals surface area contributed by atoms with Gasteiger partial charge < -0.3 is 14.2 Å². The Balaban J connectivity index is 1.61. The van der Waals surface area contributed by atoms with E-state index in [9.17, 15) is 4.79 Å². The summed E-state index contributed by atoms with van der Waals surface area (Å²) in [5.74, 6) is 2.11. The third-order valence-corrected chi connectivity index (χ3v) is 4.31. The summed E-state index contributed by atoms with van der Waals surface area (Å²) in [5, 5.41) is 0. The van der Waals surface area contributed by atoms with Crippen LogP contribution in [0, 0.1) is 0 Å². The molecule has 0 saturated heterocycles. The minimum Gasteiger partial charge on any atom is -0.454 e. The van der Waals surface area contributed by atoms with Crippen molar-refractivity contribution in [3.63, 3.8) is 0 Å². The summed E-state index contributed by atoms with van der Waals surface area (Å²) in [6.45, 7) is 4.53. The van der Waals surface area contributed by atoms with Crippen LogP contribution in [0.25, 0.3) is 11.8 Å². The van der Waals surface area contributed by atoms with E-state index in [0.717, 1.165) is 16.9 Å². The van der Waals surface area contributed by atoms with Gasteiger partial charge >= 0.3 is 5.97 Å². The molecule has 0 fully saturated rings. The van der Waals surface area contributed by atoms with E-state index >= 15 is 0 Å². The molecular weight excluding hydrogens is 316 g/mol. The summed E-state index contributed by atoms with van der Waals surface area (Å²) in [6.07, 6.45) is 3.57. The second kappa shape index (κ2) is 6.13. The molecule has 0 atom stereocenters. The van der Waals surface area contributed by atoms with Crippen molar-refractivity contribution in [2.45, 2.75) is 19.8 Å². The standard InChI is InChI=1S/C21H18O4/c1-13(2)15-4-6-16(7-5-15)19-11-17(21(22)25-19)9-14-3-8-18-20(10-14)24-12-23-18/h3-11,13H,12H2,1-2H3. The summed E-state index contributed by atoms with van der Waals surface area (Å²) < 4.78 is 16.1. The SMILES string of the molecule is CC(C)c1ccc(C2=CC(=Cc3ccc4c(c3)OCO4)C(=O)O2)cc1. The Morgan fingerprint density at radius 3 is 2.52 bits per heavy atom. The maximum atomic E-state index is 12.2. The van der Waals surface area contributed by atoms with Crippen LogP contribution in [-0.4, -0.2) is 12.8 Å². The Morgan fingerprint density at radius 2 is 1.76 bits per heavy atom. The molecule has 0 N–H and O–H groups in total. The van der Waals surface area contributed by atoms with Crippen LogP contribution in [0.2, 0.25) is 0 Å². The first-order chi connectivity index (χ1) is 12.1. The van der Waals surface area contributed by atoms with Crippen LogP contribution in [0.5, 0.6) is 11.5 Å². The lowest BCUT2D eigenvalue weighted by Crippen LogP contribution is -1.97. The summed E-state index contributed by atoms with van der Waals surface area (Å²) in [5.41, 5.74) is 3.53. The molecule has 0 bridgehead atoms. The minimum absolute atomic E-state index is 0.230. The number of cyclic esters (lactones) is 1. The maximum Gasteiger partial charge on any atom is 0.343 e.